The SMILES string of the molecule is CCCC(CCC)C(=O)NCC(O)c1ccc(C(F)(F)F)cc1. The van der Waals surface area contributed by atoms with E-state index in [1.807, 2.05) is 13.8 Å². The molecule has 0 heterocycles. The van der Waals surface area contributed by atoms with Crippen LogP contribution in [0, 0.1) is 5.92 Å². The van der Waals surface area contributed by atoms with Crippen LogP contribution in [0.5, 0.6) is 0 Å². The number of benzene rings is 1. The van der Waals surface area contributed by atoms with Crippen LogP contribution < -0.4 is 5.32 Å². The Morgan fingerprint density at radius 2 is 1.65 bits per heavy atom. The lowest BCUT2D eigenvalue weighted by Crippen LogP contribution is -2.33. The summed E-state index contributed by atoms with van der Waals surface area (Å²) in [7, 11) is 0. The highest BCUT2D eigenvalue weighted by molar-refractivity contribution is 5.78. The average molecular weight is 331 g/mol. The van der Waals surface area contributed by atoms with Crippen LogP contribution >= 0.6 is 0 Å². The number of carbonyl (C=O) groups is 1. The van der Waals surface area contributed by atoms with E-state index in [-0.39, 0.29) is 18.4 Å². The molecule has 0 aliphatic rings. The van der Waals surface area contributed by atoms with Crippen molar-refractivity contribution in [2.75, 3.05) is 6.54 Å². The molecule has 0 saturated heterocycles. The number of rotatable bonds is 8. The standard InChI is InChI=1S/C17H24F3NO2/c1-3-5-13(6-4-2)16(23)21-11-15(22)12-7-9-14(10-8-12)17(18,19)20/h7-10,13,15,22H,3-6,11H2,1-2H3,(H,21,23). The molecule has 0 saturated carbocycles. The van der Waals surface area contributed by atoms with Crippen molar-refractivity contribution in [3.63, 3.8) is 0 Å². The third-order valence-electron chi connectivity index (χ3n) is 3.74. The zero-order valence-corrected chi connectivity index (χ0v) is 13.5. The Balaban J connectivity index is 2.58. The van der Waals surface area contributed by atoms with Crippen LogP contribution in [0.25, 0.3) is 0 Å². The molecule has 0 spiro atoms. The summed E-state index contributed by atoms with van der Waals surface area (Å²) < 4.78 is 37.5. The molecule has 1 unspecified atom stereocenters. The molecular weight excluding hydrogens is 307 g/mol. The number of nitrogens with one attached hydrogen (secondary N) is 1. The molecule has 1 rings (SSSR count). The van der Waals surface area contributed by atoms with Gasteiger partial charge in [0.2, 0.25) is 5.91 Å². The molecule has 23 heavy (non-hydrogen) atoms. The highest BCUT2D eigenvalue weighted by Crippen LogP contribution is 2.29. The second-order valence-corrected chi connectivity index (χ2v) is 5.65. The third kappa shape index (κ3) is 6.22. The van der Waals surface area contributed by atoms with E-state index < -0.39 is 17.8 Å². The van der Waals surface area contributed by atoms with Gasteiger partial charge in [0.25, 0.3) is 0 Å². The van der Waals surface area contributed by atoms with Crippen LogP contribution in [0.2, 0.25) is 0 Å². The van der Waals surface area contributed by atoms with Gasteiger partial charge in [0.05, 0.1) is 11.7 Å². The van der Waals surface area contributed by atoms with Crippen LogP contribution in [0.3, 0.4) is 0 Å². The Morgan fingerprint density at radius 1 is 1.13 bits per heavy atom. The Morgan fingerprint density at radius 3 is 2.09 bits per heavy atom. The molecule has 1 atom stereocenters. The summed E-state index contributed by atoms with van der Waals surface area (Å²) in [5.41, 5.74) is -0.413. The summed E-state index contributed by atoms with van der Waals surface area (Å²) in [6.07, 6.45) is -2.04. The van der Waals surface area contributed by atoms with Gasteiger partial charge >= 0.3 is 6.18 Å². The molecule has 3 nitrogen and oxygen atoms in total. The van der Waals surface area contributed by atoms with Crippen LogP contribution in [-0.2, 0) is 11.0 Å². The van der Waals surface area contributed by atoms with Gasteiger partial charge in [-0.3, -0.25) is 4.79 Å². The summed E-state index contributed by atoms with van der Waals surface area (Å²) in [6, 6.07) is 4.32. The molecule has 1 aromatic rings. The molecule has 0 fully saturated rings. The van der Waals surface area contributed by atoms with Crippen molar-refractivity contribution < 1.29 is 23.1 Å². The lowest BCUT2D eigenvalue weighted by atomic mass is 9.97. The fraction of sp³-hybridized carbons (Fsp3) is 0.588. The van der Waals surface area contributed by atoms with Gasteiger partial charge in [-0.15, -0.1) is 0 Å². The van der Waals surface area contributed by atoms with Gasteiger partial charge in [0.1, 0.15) is 0 Å². The number of halogens is 3. The first-order chi connectivity index (χ1) is 10.8. The van der Waals surface area contributed by atoms with Gasteiger partial charge in [-0.05, 0) is 30.5 Å². The van der Waals surface area contributed by atoms with Crippen molar-refractivity contribution in [2.45, 2.75) is 51.8 Å². The fourth-order valence-electron chi connectivity index (χ4n) is 2.46. The largest absolute Gasteiger partial charge is 0.416 e. The van der Waals surface area contributed by atoms with Crippen LogP contribution in [0.1, 0.15) is 56.8 Å². The summed E-state index contributed by atoms with van der Waals surface area (Å²) in [4.78, 5) is 12.1. The highest BCUT2D eigenvalue weighted by atomic mass is 19.4. The summed E-state index contributed by atoms with van der Waals surface area (Å²) in [5, 5.41) is 12.7. The Hall–Kier alpha value is -1.56. The molecule has 2 N–H and O–H groups in total. The van der Waals surface area contributed by atoms with E-state index in [0.717, 1.165) is 37.8 Å². The molecule has 0 aliphatic heterocycles. The van der Waals surface area contributed by atoms with Gasteiger partial charge in [-0.1, -0.05) is 38.8 Å². The maximum Gasteiger partial charge on any atom is 0.416 e. The van der Waals surface area contributed by atoms with E-state index >= 15 is 0 Å². The predicted octanol–water partition coefficient (Wildman–Crippen LogP) is 4.07. The van der Waals surface area contributed by atoms with Gasteiger partial charge < -0.3 is 10.4 Å². The molecule has 130 valence electrons. The van der Waals surface area contributed by atoms with Crippen molar-refractivity contribution >= 4 is 5.91 Å². The number of amides is 1. The normalized spacial score (nSPS) is 13.2. The van der Waals surface area contributed by atoms with Crippen molar-refractivity contribution in [2.24, 2.45) is 5.92 Å². The Bertz CT molecular complexity index is 480. The molecular formula is C17H24F3NO2. The van der Waals surface area contributed by atoms with Crippen molar-refractivity contribution in [1.82, 2.24) is 5.32 Å². The molecule has 0 bridgehead atoms. The first-order valence-corrected chi connectivity index (χ1v) is 7.92. The quantitative estimate of drug-likeness (QED) is 0.754. The summed E-state index contributed by atoms with van der Waals surface area (Å²) in [6.45, 7) is 4.01. The van der Waals surface area contributed by atoms with E-state index in [1.165, 1.54) is 12.1 Å². The average Bonchev–Trinajstić information content (AvgIpc) is 2.51. The molecule has 6 heteroatoms. The van der Waals surface area contributed by atoms with E-state index in [2.05, 4.69) is 5.32 Å². The highest BCUT2D eigenvalue weighted by Gasteiger charge is 2.30. The van der Waals surface area contributed by atoms with Gasteiger partial charge in [0, 0.05) is 12.5 Å². The van der Waals surface area contributed by atoms with Gasteiger partial charge in [-0.25, -0.2) is 0 Å². The van der Waals surface area contributed by atoms with Gasteiger partial charge in [-0.2, -0.15) is 13.2 Å². The second kappa shape index (κ2) is 8.91. The van der Waals surface area contributed by atoms with Crippen molar-refractivity contribution in [1.29, 1.82) is 0 Å². The maximum absolute atomic E-state index is 12.5. The topological polar surface area (TPSA) is 49.3 Å². The number of hydrogen-bond acceptors (Lipinski definition) is 2. The van der Waals surface area contributed by atoms with E-state index in [1.54, 1.807) is 0 Å². The maximum atomic E-state index is 12.5. The van der Waals surface area contributed by atoms with E-state index in [4.69, 9.17) is 0 Å². The Kier molecular flexibility index (Phi) is 7.55. The zero-order chi connectivity index (χ0) is 17.5. The third-order valence-corrected chi connectivity index (χ3v) is 3.74. The minimum absolute atomic E-state index is 0.00583. The Labute approximate surface area is 134 Å². The van der Waals surface area contributed by atoms with Crippen LogP contribution in [0.15, 0.2) is 24.3 Å². The molecule has 1 amide bonds. The molecule has 0 aromatic heterocycles. The lowest BCUT2D eigenvalue weighted by molar-refractivity contribution is -0.137. The van der Waals surface area contributed by atoms with Gasteiger partial charge in [0.15, 0.2) is 0 Å². The lowest BCUT2D eigenvalue weighted by Gasteiger charge is -2.18. The number of alkyl halides is 3. The predicted molar refractivity (Wildman–Crippen MR) is 82.7 cm³/mol. The smallest absolute Gasteiger partial charge is 0.387 e. The summed E-state index contributed by atoms with van der Waals surface area (Å²) in [5.74, 6) is -0.190. The van der Waals surface area contributed by atoms with Crippen LogP contribution in [0.4, 0.5) is 13.2 Å². The number of hydrogen-bond donors (Lipinski definition) is 2. The first-order valence-electron chi connectivity index (χ1n) is 7.92. The van der Waals surface area contributed by atoms with Crippen LogP contribution in [-0.4, -0.2) is 17.6 Å². The number of aliphatic hydroxyl groups excluding tert-OH is 1. The van der Waals surface area contributed by atoms with Crippen molar-refractivity contribution in [3.05, 3.63) is 35.4 Å². The number of aliphatic hydroxyl groups is 1. The zero-order valence-electron chi connectivity index (χ0n) is 13.5. The molecule has 0 aliphatic carbocycles. The second-order valence-electron chi connectivity index (χ2n) is 5.65. The molecule has 1 aromatic carbocycles. The number of carbonyl (C=O) groups excluding carboxylic acids is 1. The minimum atomic E-state index is -4.40. The molecule has 0 radical (unpaired) electrons. The fourth-order valence-corrected chi connectivity index (χ4v) is 2.46. The van der Waals surface area contributed by atoms with E-state index in [0.29, 0.717) is 5.56 Å². The summed E-state index contributed by atoms with van der Waals surface area (Å²) >= 11 is 0. The first kappa shape index (κ1) is 19.5. The van der Waals surface area contributed by atoms with E-state index in [9.17, 15) is 23.1 Å². The minimum Gasteiger partial charge on any atom is -0.387 e. The van der Waals surface area contributed by atoms with Crippen molar-refractivity contribution in [3.8, 4) is 0 Å². The monoisotopic (exact) mass is 331 g/mol.